The average Bonchev–Trinajstić information content (AvgIpc) is 2.40. The number of hydrogen-bond donors (Lipinski definition) is 1. The Hall–Kier alpha value is -1.81. The van der Waals surface area contributed by atoms with Crippen molar-refractivity contribution in [2.75, 3.05) is 4.72 Å². The number of anilines is 1. The van der Waals surface area contributed by atoms with Crippen molar-refractivity contribution in [1.29, 1.82) is 0 Å². The highest BCUT2D eigenvalue weighted by Gasteiger charge is 2.22. The zero-order valence-corrected chi connectivity index (χ0v) is 14.9. The molecule has 0 aromatic heterocycles. The fourth-order valence-electron chi connectivity index (χ4n) is 2.71. The lowest BCUT2D eigenvalue weighted by Gasteiger charge is -2.17. The molecule has 0 fully saturated rings. The average molecular weight is 317 g/mol. The molecule has 0 aliphatic rings. The third-order valence-electron chi connectivity index (χ3n) is 4.19. The van der Waals surface area contributed by atoms with Gasteiger partial charge in [0.15, 0.2) is 0 Å². The maximum absolute atomic E-state index is 12.9. The summed E-state index contributed by atoms with van der Waals surface area (Å²) in [5.74, 6) is 0. The van der Waals surface area contributed by atoms with Crippen LogP contribution in [-0.2, 0) is 10.0 Å². The van der Waals surface area contributed by atoms with Gasteiger partial charge in [0, 0.05) is 0 Å². The van der Waals surface area contributed by atoms with E-state index in [4.69, 9.17) is 0 Å². The van der Waals surface area contributed by atoms with Gasteiger partial charge in [-0.15, -0.1) is 0 Å². The minimum absolute atomic E-state index is 0.393. The van der Waals surface area contributed by atoms with Crippen molar-refractivity contribution >= 4 is 15.7 Å². The Morgan fingerprint density at radius 1 is 0.773 bits per heavy atom. The van der Waals surface area contributed by atoms with E-state index in [1.165, 1.54) is 0 Å². The summed E-state index contributed by atoms with van der Waals surface area (Å²) < 4.78 is 28.5. The summed E-state index contributed by atoms with van der Waals surface area (Å²) in [7, 11) is -3.61. The van der Waals surface area contributed by atoms with Crippen molar-refractivity contribution < 1.29 is 8.42 Å². The molecular weight excluding hydrogens is 294 g/mol. The molecule has 0 heterocycles. The van der Waals surface area contributed by atoms with Gasteiger partial charge < -0.3 is 0 Å². The Morgan fingerprint density at radius 2 is 1.32 bits per heavy atom. The van der Waals surface area contributed by atoms with Crippen LogP contribution in [0.1, 0.15) is 33.4 Å². The molecule has 0 atom stereocenters. The third-order valence-corrected chi connectivity index (χ3v) is 5.83. The van der Waals surface area contributed by atoms with Gasteiger partial charge in [-0.1, -0.05) is 23.8 Å². The second kappa shape index (κ2) is 5.76. The number of sulfonamides is 1. The lowest BCUT2D eigenvalue weighted by molar-refractivity contribution is 0.599. The van der Waals surface area contributed by atoms with Gasteiger partial charge in [-0.25, -0.2) is 8.42 Å². The standard InChI is InChI=1S/C18H23NO2S/c1-11-7-8-17(14(4)9-11)19-22(20,21)18-15(5)12(2)10-13(3)16(18)6/h7-10,19H,1-6H3. The number of rotatable bonds is 3. The van der Waals surface area contributed by atoms with Crippen LogP contribution in [0.15, 0.2) is 29.2 Å². The van der Waals surface area contributed by atoms with E-state index in [0.717, 1.165) is 33.4 Å². The molecule has 22 heavy (non-hydrogen) atoms. The number of aryl methyl sites for hydroxylation is 4. The molecule has 1 N–H and O–H groups in total. The van der Waals surface area contributed by atoms with Crippen LogP contribution in [-0.4, -0.2) is 8.42 Å². The van der Waals surface area contributed by atoms with Crippen LogP contribution in [0.25, 0.3) is 0 Å². The molecule has 2 aromatic rings. The van der Waals surface area contributed by atoms with Crippen LogP contribution >= 0.6 is 0 Å². The first-order valence-corrected chi connectivity index (χ1v) is 8.79. The van der Waals surface area contributed by atoms with E-state index >= 15 is 0 Å². The van der Waals surface area contributed by atoms with Crippen LogP contribution in [0.5, 0.6) is 0 Å². The molecule has 2 rings (SSSR count). The summed E-state index contributed by atoms with van der Waals surface area (Å²) in [6, 6.07) is 7.72. The molecule has 0 aliphatic carbocycles. The predicted octanol–water partition coefficient (Wildman–Crippen LogP) is 4.34. The molecule has 0 amide bonds. The molecule has 0 radical (unpaired) electrons. The maximum atomic E-state index is 12.9. The van der Waals surface area contributed by atoms with Crippen LogP contribution in [0.2, 0.25) is 0 Å². The number of benzene rings is 2. The highest BCUT2D eigenvalue weighted by Crippen LogP contribution is 2.28. The summed E-state index contributed by atoms with van der Waals surface area (Å²) in [5, 5.41) is 0. The molecule has 4 heteroatoms. The van der Waals surface area contributed by atoms with Crippen molar-refractivity contribution in [3.63, 3.8) is 0 Å². The summed E-state index contributed by atoms with van der Waals surface area (Å²) in [4.78, 5) is 0.393. The molecule has 118 valence electrons. The monoisotopic (exact) mass is 317 g/mol. The smallest absolute Gasteiger partial charge is 0.262 e. The molecule has 0 saturated carbocycles. The minimum atomic E-state index is -3.61. The van der Waals surface area contributed by atoms with E-state index in [1.54, 1.807) is 0 Å². The zero-order chi connectivity index (χ0) is 16.7. The summed E-state index contributed by atoms with van der Waals surface area (Å²) in [5.41, 5.74) is 6.25. The summed E-state index contributed by atoms with van der Waals surface area (Å²) in [6.45, 7) is 11.5. The van der Waals surface area contributed by atoms with Gasteiger partial charge in [0.2, 0.25) is 0 Å². The van der Waals surface area contributed by atoms with Crippen LogP contribution in [0, 0.1) is 41.5 Å². The van der Waals surface area contributed by atoms with E-state index in [1.807, 2.05) is 65.8 Å². The van der Waals surface area contributed by atoms with Crippen molar-refractivity contribution in [1.82, 2.24) is 0 Å². The van der Waals surface area contributed by atoms with Gasteiger partial charge in [-0.3, -0.25) is 4.72 Å². The van der Waals surface area contributed by atoms with Gasteiger partial charge in [0.25, 0.3) is 10.0 Å². The van der Waals surface area contributed by atoms with Gasteiger partial charge in [-0.05, 0) is 75.4 Å². The Morgan fingerprint density at radius 3 is 1.82 bits per heavy atom. The molecule has 0 spiro atoms. The van der Waals surface area contributed by atoms with Crippen molar-refractivity contribution in [2.24, 2.45) is 0 Å². The second-order valence-corrected chi connectivity index (χ2v) is 7.63. The van der Waals surface area contributed by atoms with Gasteiger partial charge >= 0.3 is 0 Å². The Bertz CT molecular complexity index is 810. The number of hydrogen-bond acceptors (Lipinski definition) is 2. The molecule has 0 saturated heterocycles. The Kier molecular flexibility index (Phi) is 4.34. The van der Waals surface area contributed by atoms with Crippen molar-refractivity contribution in [3.05, 3.63) is 57.6 Å². The molecule has 0 bridgehead atoms. The van der Waals surface area contributed by atoms with E-state index in [9.17, 15) is 8.42 Å². The Balaban J connectivity index is 2.57. The highest BCUT2D eigenvalue weighted by atomic mass is 32.2. The fourth-order valence-corrected chi connectivity index (χ4v) is 4.46. The van der Waals surface area contributed by atoms with E-state index in [2.05, 4.69) is 4.72 Å². The maximum Gasteiger partial charge on any atom is 0.262 e. The largest absolute Gasteiger partial charge is 0.279 e. The first-order chi connectivity index (χ1) is 10.1. The molecule has 2 aromatic carbocycles. The van der Waals surface area contributed by atoms with Crippen LogP contribution in [0.4, 0.5) is 5.69 Å². The normalized spacial score (nSPS) is 11.5. The third kappa shape index (κ3) is 3.02. The molecule has 0 unspecified atom stereocenters. The minimum Gasteiger partial charge on any atom is -0.279 e. The molecule has 3 nitrogen and oxygen atoms in total. The van der Waals surface area contributed by atoms with Gasteiger partial charge in [0.05, 0.1) is 10.6 Å². The number of nitrogens with one attached hydrogen (secondary N) is 1. The summed E-state index contributed by atoms with van der Waals surface area (Å²) in [6.07, 6.45) is 0. The molecular formula is C18H23NO2S. The van der Waals surface area contributed by atoms with Crippen LogP contribution in [0.3, 0.4) is 0 Å². The van der Waals surface area contributed by atoms with Crippen molar-refractivity contribution in [3.8, 4) is 0 Å². The quantitative estimate of drug-likeness (QED) is 0.915. The zero-order valence-electron chi connectivity index (χ0n) is 14.0. The first-order valence-electron chi connectivity index (χ1n) is 7.31. The second-order valence-electron chi connectivity index (χ2n) is 6.01. The van der Waals surface area contributed by atoms with Gasteiger partial charge in [0.1, 0.15) is 0 Å². The topological polar surface area (TPSA) is 46.2 Å². The fraction of sp³-hybridized carbons (Fsp3) is 0.333. The van der Waals surface area contributed by atoms with Crippen molar-refractivity contribution in [2.45, 2.75) is 46.4 Å². The summed E-state index contributed by atoms with van der Waals surface area (Å²) >= 11 is 0. The van der Waals surface area contributed by atoms with Crippen LogP contribution < -0.4 is 4.72 Å². The lowest BCUT2D eigenvalue weighted by Crippen LogP contribution is -2.17. The Labute approximate surface area is 133 Å². The molecule has 0 aliphatic heterocycles. The van der Waals surface area contributed by atoms with E-state index < -0.39 is 10.0 Å². The lowest BCUT2D eigenvalue weighted by atomic mass is 10.0. The first kappa shape index (κ1) is 16.6. The van der Waals surface area contributed by atoms with E-state index in [0.29, 0.717) is 10.6 Å². The van der Waals surface area contributed by atoms with E-state index in [-0.39, 0.29) is 0 Å². The SMILES string of the molecule is Cc1ccc(NS(=O)(=O)c2c(C)c(C)cc(C)c2C)c(C)c1. The highest BCUT2D eigenvalue weighted by molar-refractivity contribution is 7.92. The predicted molar refractivity (Wildman–Crippen MR) is 92.1 cm³/mol. The van der Waals surface area contributed by atoms with Gasteiger partial charge in [-0.2, -0.15) is 0 Å².